The minimum Gasteiger partial charge on any atom is -0.387 e. The number of aliphatic hydroxyl groups excluding tert-OH is 2. The summed E-state index contributed by atoms with van der Waals surface area (Å²) in [5.74, 6) is -1.39. The Morgan fingerprint density at radius 3 is 2.33 bits per heavy atom. The number of phosphoric acid groups is 2. The Morgan fingerprint density at radius 2 is 1.59 bits per heavy atom. The molecule has 25 heteroatoms. The number of hydrogen-bond donors (Lipinski definition) is 7. The third-order valence-electron chi connectivity index (χ3n) is 7.53. The number of aromatic nitrogens is 7. The fraction of sp³-hybridized carbons (Fsp3) is 0.476. The Labute approximate surface area is 253 Å². The summed E-state index contributed by atoms with van der Waals surface area (Å²) in [5.41, 5.74) is 10.2. The van der Waals surface area contributed by atoms with E-state index < -0.39 is 89.3 Å². The van der Waals surface area contributed by atoms with Crippen LogP contribution in [0.3, 0.4) is 0 Å². The number of fused-ring (bicyclic) bond motifs is 5. The number of phosphoric ester groups is 2. The van der Waals surface area contributed by atoms with Gasteiger partial charge in [-0.25, -0.2) is 28.5 Å². The average molecular weight is 691 g/mol. The SMILES string of the molecule is Nc1nc2c(ncn2[C@@H]2OC3COP(=O)(O)O[C@H]4[C@@H](O)[C@H](n5cc(F)c6c(N)ncnc65)O[C@@H]4COP(=O)(O)O[C@@H]2[C@@H]3O)c(=O)[nH]1. The third kappa shape index (κ3) is 5.29. The van der Waals surface area contributed by atoms with Crippen molar-refractivity contribution in [2.24, 2.45) is 0 Å². The van der Waals surface area contributed by atoms with Crippen LogP contribution < -0.4 is 17.0 Å². The van der Waals surface area contributed by atoms with Gasteiger partial charge in [-0.05, 0) is 0 Å². The normalized spacial score (nSPS) is 37.2. The van der Waals surface area contributed by atoms with Crippen LogP contribution >= 0.6 is 15.6 Å². The summed E-state index contributed by atoms with van der Waals surface area (Å²) in [5, 5.41) is 21.9. The van der Waals surface area contributed by atoms with Crippen LogP contribution in [-0.4, -0.2) is 104 Å². The first-order valence-electron chi connectivity index (χ1n) is 13.2. The zero-order valence-corrected chi connectivity index (χ0v) is 24.6. The Balaban J connectivity index is 1.21. The predicted molar refractivity (Wildman–Crippen MR) is 146 cm³/mol. The maximum Gasteiger partial charge on any atom is 0.472 e. The lowest BCUT2D eigenvalue weighted by molar-refractivity contribution is -0.0672. The lowest BCUT2D eigenvalue weighted by Gasteiger charge is -2.25. The first-order chi connectivity index (χ1) is 21.7. The van der Waals surface area contributed by atoms with Gasteiger partial charge in [-0.15, -0.1) is 0 Å². The highest BCUT2D eigenvalue weighted by atomic mass is 31.2. The molecule has 22 nitrogen and oxygen atoms in total. The van der Waals surface area contributed by atoms with Crippen LogP contribution in [-0.2, 0) is 36.7 Å². The van der Waals surface area contributed by atoms with Crippen LogP contribution in [0.15, 0.2) is 23.6 Å². The molecular formula is C21H24FN9O13P2. The summed E-state index contributed by atoms with van der Waals surface area (Å²) >= 11 is 0. The second-order valence-electron chi connectivity index (χ2n) is 10.4. The third-order valence-corrected chi connectivity index (χ3v) is 9.50. The standard InChI is InChI=1S/C21H24FN9O13P2/c22-6-1-30(16-9(6)15(23)25-4-26-16)19-12(33)13-8(42-19)3-40-46(37,38)44-14-11(32)7(2-39-45(35,36)43-13)41-20(14)31-5-27-10-17(31)28-21(24)29-18(10)34/h1,4-5,7-8,11-14,19-20,32-33H,2-3H2,(H,35,36)(H,37,38)(H2,23,25,26)(H3,24,28,29,34)/t7?,8-,11-,12-,13-,14-,19-,20-/m1/s1. The molecule has 7 heterocycles. The van der Waals surface area contributed by atoms with Gasteiger partial charge in [-0.2, -0.15) is 4.98 Å². The summed E-state index contributed by atoms with van der Waals surface area (Å²) in [7, 11) is -10.3. The van der Waals surface area contributed by atoms with Crippen molar-refractivity contribution in [2.75, 3.05) is 24.7 Å². The number of aromatic amines is 1. The maximum absolute atomic E-state index is 14.7. The maximum atomic E-state index is 14.7. The Kier molecular flexibility index (Phi) is 7.51. The monoisotopic (exact) mass is 691 g/mol. The first-order valence-corrected chi connectivity index (χ1v) is 16.2. The van der Waals surface area contributed by atoms with E-state index in [4.69, 9.17) is 39.0 Å². The highest BCUT2D eigenvalue weighted by molar-refractivity contribution is 7.47. The zero-order chi connectivity index (χ0) is 32.7. The number of nitrogens with two attached hydrogens (primary N) is 2. The molecule has 0 aromatic carbocycles. The number of nitrogens with one attached hydrogen (secondary N) is 1. The summed E-state index contributed by atoms with van der Waals surface area (Å²) < 4.78 is 75.3. The van der Waals surface area contributed by atoms with Gasteiger partial charge < -0.3 is 45.5 Å². The van der Waals surface area contributed by atoms with Gasteiger partial charge in [-0.1, -0.05) is 0 Å². The molecular weight excluding hydrogens is 667 g/mol. The quantitative estimate of drug-likeness (QED) is 0.116. The fourth-order valence-electron chi connectivity index (χ4n) is 5.50. The minimum absolute atomic E-state index is 0.109. The van der Waals surface area contributed by atoms with E-state index in [1.807, 2.05) is 0 Å². The molecule has 0 saturated carbocycles. The van der Waals surface area contributed by atoms with Gasteiger partial charge in [0.25, 0.3) is 5.56 Å². The van der Waals surface area contributed by atoms with Crippen molar-refractivity contribution < 1.29 is 61.1 Å². The van der Waals surface area contributed by atoms with Gasteiger partial charge in [0.1, 0.15) is 48.8 Å². The smallest absolute Gasteiger partial charge is 0.387 e. The van der Waals surface area contributed by atoms with E-state index in [1.165, 1.54) is 0 Å². The molecule has 248 valence electrons. The molecule has 46 heavy (non-hydrogen) atoms. The van der Waals surface area contributed by atoms with E-state index in [0.29, 0.717) is 0 Å². The molecule has 3 aliphatic rings. The summed E-state index contributed by atoms with van der Waals surface area (Å²) in [6.07, 6.45) is -10.3. The second kappa shape index (κ2) is 11.1. The molecule has 0 amide bonds. The van der Waals surface area contributed by atoms with E-state index in [0.717, 1.165) is 28.0 Å². The number of ether oxygens (including phenoxy) is 2. The number of hydrogen-bond acceptors (Lipinski definition) is 17. The molecule has 4 aromatic rings. The molecule has 0 radical (unpaired) electrons. The fourth-order valence-corrected chi connectivity index (χ4v) is 7.39. The van der Waals surface area contributed by atoms with E-state index in [2.05, 4.69) is 24.9 Å². The van der Waals surface area contributed by atoms with Crippen molar-refractivity contribution in [1.82, 2.24) is 34.1 Å². The van der Waals surface area contributed by atoms with Crippen LogP contribution in [0.25, 0.3) is 22.2 Å². The van der Waals surface area contributed by atoms with Crippen LogP contribution in [0.1, 0.15) is 12.5 Å². The Bertz CT molecular complexity index is 1990. The van der Waals surface area contributed by atoms with Gasteiger partial charge in [-0.3, -0.25) is 32.4 Å². The van der Waals surface area contributed by atoms with E-state index in [9.17, 15) is 38.3 Å². The van der Waals surface area contributed by atoms with Crippen molar-refractivity contribution in [3.8, 4) is 0 Å². The predicted octanol–water partition coefficient (Wildman–Crippen LogP) is -1.60. The van der Waals surface area contributed by atoms with Crippen molar-refractivity contribution in [2.45, 2.75) is 49.1 Å². The lowest BCUT2D eigenvalue weighted by Crippen LogP contribution is -2.36. The average Bonchev–Trinajstić information content (AvgIpc) is 3.71. The number of anilines is 2. The van der Waals surface area contributed by atoms with E-state index in [-0.39, 0.29) is 34.0 Å². The molecule has 3 saturated heterocycles. The van der Waals surface area contributed by atoms with Crippen LogP contribution in [0.4, 0.5) is 16.2 Å². The van der Waals surface area contributed by atoms with E-state index in [1.54, 1.807) is 0 Å². The molecule has 7 rings (SSSR count). The van der Waals surface area contributed by atoms with Crippen LogP contribution in [0, 0.1) is 5.82 Å². The Morgan fingerprint density at radius 1 is 0.913 bits per heavy atom. The summed E-state index contributed by atoms with van der Waals surface area (Å²) in [4.78, 5) is 51.4. The van der Waals surface area contributed by atoms with Crippen molar-refractivity contribution in [3.63, 3.8) is 0 Å². The minimum atomic E-state index is -5.17. The molecule has 4 aromatic heterocycles. The molecule has 0 aliphatic carbocycles. The largest absolute Gasteiger partial charge is 0.472 e. The number of halogens is 1. The summed E-state index contributed by atoms with van der Waals surface area (Å²) in [6.45, 7) is -1.77. The number of nitrogen functional groups attached to an aromatic ring is 2. The summed E-state index contributed by atoms with van der Waals surface area (Å²) in [6, 6.07) is 0. The van der Waals surface area contributed by atoms with Gasteiger partial charge in [0.15, 0.2) is 35.1 Å². The molecule has 3 unspecified atom stereocenters. The van der Waals surface area contributed by atoms with Crippen LogP contribution in [0.5, 0.6) is 0 Å². The number of rotatable bonds is 2. The zero-order valence-electron chi connectivity index (χ0n) is 22.8. The molecule has 3 aliphatic heterocycles. The highest BCUT2D eigenvalue weighted by Gasteiger charge is 2.54. The topological polar surface area (TPSA) is 317 Å². The molecule has 2 bridgehead atoms. The van der Waals surface area contributed by atoms with E-state index >= 15 is 0 Å². The van der Waals surface area contributed by atoms with Crippen molar-refractivity contribution >= 4 is 49.6 Å². The lowest BCUT2D eigenvalue weighted by atomic mass is 10.1. The van der Waals surface area contributed by atoms with Gasteiger partial charge in [0.05, 0.1) is 24.9 Å². The van der Waals surface area contributed by atoms with Crippen LogP contribution in [0.2, 0.25) is 0 Å². The highest BCUT2D eigenvalue weighted by Crippen LogP contribution is 2.53. The first kappa shape index (κ1) is 31.2. The number of imidazole rings is 1. The number of H-pyrrole nitrogens is 1. The van der Waals surface area contributed by atoms with Gasteiger partial charge in [0.2, 0.25) is 5.95 Å². The Hall–Kier alpha value is -3.44. The molecule has 0 spiro atoms. The van der Waals surface area contributed by atoms with Crippen molar-refractivity contribution in [3.05, 3.63) is 35.0 Å². The molecule has 3 fully saturated rings. The number of aliphatic hydroxyl groups is 2. The van der Waals surface area contributed by atoms with Gasteiger partial charge in [0, 0.05) is 6.20 Å². The van der Waals surface area contributed by atoms with Gasteiger partial charge >= 0.3 is 15.6 Å². The van der Waals surface area contributed by atoms with Crippen molar-refractivity contribution in [1.29, 1.82) is 0 Å². The molecule has 10 atom stereocenters. The second-order valence-corrected chi connectivity index (χ2v) is 13.2. The number of nitrogens with zero attached hydrogens (tertiary/aromatic N) is 6. The molecule has 9 N–H and O–H groups in total.